The van der Waals surface area contributed by atoms with Crippen LogP contribution in [0.3, 0.4) is 0 Å². The number of hydrogen-bond donors (Lipinski definition) is 1. The van der Waals surface area contributed by atoms with E-state index in [1.807, 2.05) is 32.0 Å². The number of anilines is 1. The third-order valence-corrected chi connectivity index (χ3v) is 4.67. The minimum absolute atomic E-state index is 0.125. The van der Waals surface area contributed by atoms with Crippen LogP contribution < -0.4 is 14.8 Å². The Kier molecular flexibility index (Phi) is 4.62. The lowest BCUT2D eigenvalue weighted by Gasteiger charge is -2.14. The van der Waals surface area contributed by atoms with Crippen molar-refractivity contribution in [2.45, 2.75) is 26.4 Å². The zero-order valence-corrected chi connectivity index (χ0v) is 15.8. The van der Waals surface area contributed by atoms with Gasteiger partial charge in [0.15, 0.2) is 0 Å². The molecule has 0 spiro atoms. The average molecular weight is 383 g/mol. The van der Waals surface area contributed by atoms with Crippen molar-refractivity contribution >= 4 is 34.1 Å². The third kappa shape index (κ3) is 3.55. The first-order valence-electron chi connectivity index (χ1n) is 8.87. The second kappa shape index (κ2) is 7.08. The lowest BCUT2D eigenvalue weighted by molar-refractivity contribution is 0.102. The Balaban J connectivity index is 1.64. The van der Waals surface area contributed by atoms with Crippen LogP contribution in [0.5, 0.6) is 11.5 Å². The molecule has 1 atom stereocenters. The maximum Gasteiger partial charge on any atom is 0.255 e. The number of ether oxygens (including phenoxy) is 2. The molecular formula is C21H19ClN2O3. The minimum Gasteiger partial charge on any atom is -0.492 e. The Bertz CT molecular complexity index is 1040. The topological polar surface area (TPSA) is 60.5 Å². The largest absolute Gasteiger partial charge is 0.492 e. The summed E-state index contributed by atoms with van der Waals surface area (Å²) in [5, 5.41) is 4.22. The fraction of sp³-hybridized carbons (Fsp3) is 0.238. The van der Waals surface area contributed by atoms with Crippen LogP contribution in [-0.2, 0) is 6.42 Å². The number of aromatic nitrogens is 1. The first kappa shape index (κ1) is 17.6. The number of benzene rings is 2. The molecule has 2 aromatic carbocycles. The van der Waals surface area contributed by atoms with Crippen molar-refractivity contribution < 1.29 is 14.3 Å². The highest BCUT2D eigenvalue weighted by Crippen LogP contribution is 2.38. The van der Waals surface area contributed by atoms with Gasteiger partial charge in [-0.05, 0) is 50.2 Å². The molecular weight excluding hydrogens is 364 g/mol. The summed E-state index contributed by atoms with van der Waals surface area (Å²) in [6.45, 7) is 4.45. The van der Waals surface area contributed by atoms with E-state index < -0.39 is 0 Å². The fourth-order valence-electron chi connectivity index (χ4n) is 3.25. The predicted octanol–water partition coefficient (Wildman–Crippen LogP) is 4.86. The molecule has 0 bridgehead atoms. The molecule has 1 aromatic heterocycles. The van der Waals surface area contributed by atoms with Gasteiger partial charge in [-0.2, -0.15) is 0 Å². The number of carbonyl (C=O) groups is 1. The zero-order valence-electron chi connectivity index (χ0n) is 15.1. The second-order valence-electron chi connectivity index (χ2n) is 6.52. The van der Waals surface area contributed by atoms with Crippen LogP contribution in [0.4, 0.5) is 5.69 Å². The van der Waals surface area contributed by atoms with Gasteiger partial charge in [0.1, 0.15) is 22.8 Å². The summed E-state index contributed by atoms with van der Waals surface area (Å²) in [7, 11) is 0. The highest BCUT2D eigenvalue weighted by Gasteiger charge is 2.23. The molecule has 2 heterocycles. The van der Waals surface area contributed by atoms with Crippen molar-refractivity contribution in [1.29, 1.82) is 0 Å². The number of halogens is 1. The highest BCUT2D eigenvalue weighted by molar-refractivity contribution is 6.29. The summed E-state index contributed by atoms with van der Waals surface area (Å²) in [4.78, 5) is 17.0. The van der Waals surface area contributed by atoms with Crippen molar-refractivity contribution in [3.05, 3.63) is 58.7 Å². The van der Waals surface area contributed by atoms with E-state index in [1.54, 1.807) is 24.3 Å². The van der Waals surface area contributed by atoms with Gasteiger partial charge >= 0.3 is 0 Å². The zero-order chi connectivity index (χ0) is 19.0. The number of rotatable bonds is 4. The van der Waals surface area contributed by atoms with Crippen LogP contribution in [0.2, 0.25) is 5.15 Å². The Labute approximate surface area is 162 Å². The monoisotopic (exact) mass is 382 g/mol. The number of carbonyl (C=O) groups excluding carboxylic acids is 1. The van der Waals surface area contributed by atoms with Gasteiger partial charge in [-0.25, -0.2) is 4.98 Å². The van der Waals surface area contributed by atoms with Gasteiger partial charge in [0, 0.05) is 29.0 Å². The van der Waals surface area contributed by atoms with E-state index >= 15 is 0 Å². The molecule has 6 heteroatoms. The predicted molar refractivity (Wildman–Crippen MR) is 106 cm³/mol. The van der Waals surface area contributed by atoms with Crippen LogP contribution in [0, 0.1) is 0 Å². The molecule has 0 saturated heterocycles. The van der Waals surface area contributed by atoms with Crippen LogP contribution in [0.1, 0.15) is 29.8 Å². The van der Waals surface area contributed by atoms with E-state index in [4.69, 9.17) is 21.1 Å². The number of nitrogens with zero attached hydrogens (tertiary/aromatic N) is 1. The first-order chi connectivity index (χ1) is 13.0. The molecule has 5 nitrogen and oxygen atoms in total. The number of nitrogens with one attached hydrogen (secondary N) is 1. The van der Waals surface area contributed by atoms with Crippen LogP contribution >= 0.6 is 11.6 Å². The quantitative estimate of drug-likeness (QED) is 0.654. The fourth-order valence-corrected chi connectivity index (χ4v) is 3.40. The summed E-state index contributed by atoms with van der Waals surface area (Å²) in [6.07, 6.45) is 0.962. The Morgan fingerprint density at radius 1 is 1.30 bits per heavy atom. The molecule has 0 aliphatic carbocycles. The van der Waals surface area contributed by atoms with E-state index in [-0.39, 0.29) is 12.0 Å². The molecule has 1 aliphatic rings. The average Bonchev–Trinajstić information content (AvgIpc) is 3.00. The van der Waals surface area contributed by atoms with E-state index in [1.165, 1.54) is 0 Å². The maximum atomic E-state index is 12.8. The number of pyridine rings is 1. The summed E-state index contributed by atoms with van der Waals surface area (Å²) < 4.78 is 11.5. The Morgan fingerprint density at radius 2 is 2.15 bits per heavy atom. The van der Waals surface area contributed by atoms with E-state index in [2.05, 4.69) is 10.3 Å². The summed E-state index contributed by atoms with van der Waals surface area (Å²) in [5.74, 6) is 1.22. The molecule has 138 valence electrons. The molecule has 0 saturated carbocycles. The molecule has 3 aromatic rings. The lowest BCUT2D eigenvalue weighted by atomic mass is 10.1. The van der Waals surface area contributed by atoms with Gasteiger partial charge < -0.3 is 14.8 Å². The molecule has 1 amide bonds. The van der Waals surface area contributed by atoms with E-state index in [0.29, 0.717) is 28.8 Å². The molecule has 0 fully saturated rings. The van der Waals surface area contributed by atoms with Gasteiger partial charge in [-0.3, -0.25) is 4.79 Å². The SMILES string of the molecule is CCOc1cc2c(cc1NC(=O)c1ccc3nc(Cl)ccc3c1)OC(C)C2. The smallest absolute Gasteiger partial charge is 0.255 e. The molecule has 1 N–H and O–H groups in total. The molecule has 27 heavy (non-hydrogen) atoms. The van der Waals surface area contributed by atoms with Crippen LogP contribution in [0.25, 0.3) is 10.9 Å². The number of amides is 1. The standard InChI is InChI=1S/C21H19ClN2O3/c1-3-26-19-10-15-8-12(2)27-18(15)11-17(19)24-21(25)14-4-6-16-13(9-14)5-7-20(22)23-16/h4-7,9-12H,3,8H2,1-2H3,(H,24,25). The van der Waals surface area contributed by atoms with Crippen LogP contribution in [0.15, 0.2) is 42.5 Å². The molecule has 0 radical (unpaired) electrons. The maximum absolute atomic E-state index is 12.8. The molecule has 1 unspecified atom stereocenters. The minimum atomic E-state index is -0.223. The summed E-state index contributed by atoms with van der Waals surface area (Å²) in [5.41, 5.74) is 2.97. The normalized spacial score (nSPS) is 15.3. The lowest BCUT2D eigenvalue weighted by Crippen LogP contribution is -2.13. The van der Waals surface area contributed by atoms with Gasteiger partial charge in [-0.1, -0.05) is 11.6 Å². The van der Waals surface area contributed by atoms with Gasteiger partial charge in [-0.15, -0.1) is 0 Å². The van der Waals surface area contributed by atoms with Gasteiger partial charge in [0.05, 0.1) is 17.8 Å². The first-order valence-corrected chi connectivity index (χ1v) is 9.25. The number of fused-ring (bicyclic) bond motifs is 2. The second-order valence-corrected chi connectivity index (χ2v) is 6.90. The van der Waals surface area contributed by atoms with E-state index in [0.717, 1.165) is 28.6 Å². The van der Waals surface area contributed by atoms with Crippen molar-refractivity contribution in [1.82, 2.24) is 4.98 Å². The Hall–Kier alpha value is -2.79. The van der Waals surface area contributed by atoms with E-state index in [9.17, 15) is 4.79 Å². The van der Waals surface area contributed by atoms with Crippen molar-refractivity contribution in [2.24, 2.45) is 0 Å². The van der Waals surface area contributed by atoms with Crippen molar-refractivity contribution in [2.75, 3.05) is 11.9 Å². The van der Waals surface area contributed by atoms with Gasteiger partial charge in [0.25, 0.3) is 5.91 Å². The van der Waals surface area contributed by atoms with Crippen molar-refractivity contribution in [3.8, 4) is 11.5 Å². The highest BCUT2D eigenvalue weighted by atomic mass is 35.5. The van der Waals surface area contributed by atoms with Gasteiger partial charge in [0.2, 0.25) is 0 Å². The summed E-state index contributed by atoms with van der Waals surface area (Å²) in [6, 6.07) is 12.6. The summed E-state index contributed by atoms with van der Waals surface area (Å²) >= 11 is 5.92. The molecule has 1 aliphatic heterocycles. The number of hydrogen-bond acceptors (Lipinski definition) is 4. The molecule has 4 rings (SSSR count). The third-order valence-electron chi connectivity index (χ3n) is 4.46. The van der Waals surface area contributed by atoms with Crippen molar-refractivity contribution in [3.63, 3.8) is 0 Å². The Morgan fingerprint density at radius 3 is 2.96 bits per heavy atom. The van der Waals surface area contributed by atoms with Crippen LogP contribution in [-0.4, -0.2) is 23.6 Å².